The van der Waals surface area contributed by atoms with Gasteiger partial charge >= 0.3 is 11.8 Å². The summed E-state index contributed by atoms with van der Waals surface area (Å²) < 4.78 is 40.7. The number of nitrogens with zero attached hydrogens (tertiary/aromatic N) is 3. The van der Waals surface area contributed by atoms with Gasteiger partial charge in [0.25, 0.3) is 17.5 Å². The van der Waals surface area contributed by atoms with Gasteiger partial charge in [0.05, 0.1) is 4.92 Å². The molecule has 1 fully saturated rings. The molecule has 25 heavy (non-hydrogen) atoms. The molecule has 12 heteroatoms. The summed E-state index contributed by atoms with van der Waals surface area (Å²) in [6, 6.07) is 4.17. The Balaban J connectivity index is 1.97. The molecule has 0 spiro atoms. The Bertz CT molecular complexity index is 813. The summed E-state index contributed by atoms with van der Waals surface area (Å²) >= 11 is 0.979. The van der Waals surface area contributed by atoms with Crippen molar-refractivity contribution in [1.29, 1.82) is 0 Å². The maximum Gasteiger partial charge on any atom is 0.442 e. The fourth-order valence-electron chi connectivity index (χ4n) is 2.40. The molecule has 1 N–H and O–H groups in total. The number of hydrogen-bond acceptors (Lipinski definition) is 6. The number of fused-ring (bicyclic) bond motifs is 1. The van der Waals surface area contributed by atoms with Gasteiger partial charge in [-0.3, -0.25) is 24.6 Å². The summed E-state index contributed by atoms with van der Waals surface area (Å²) in [4.78, 5) is 38.7. The molecule has 0 saturated carbocycles. The number of nitro benzene ring substituents is 1. The van der Waals surface area contributed by atoms with E-state index in [0.29, 0.717) is 5.75 Å². The van der Waals surface area contributed by atoms with Crippen LogP contribution in [-0.2, 0) is 4.79 Å². The fraction of sp³-hybridized carbons (Fsp3) is 0.308. The quantitative estimate of drug-likeness (QED) is 0.638. The number of amides is 2. The van der Waals surface area contributed by atoms with Crippen molar-refractivity contribution in [2.75, 3.05) is 12.3 Å². The molecule has 2 aliphatic rings. The Morgan fingerprint density at radius 1 is 1.44 bits per heavy atom. The van der Waals surface area contributed by atoms with Gasteiger partial charge < -0.3 is 5.32 Å². The van der Waals surface area contributed by atoms with Gasteiger partial charge in [-0.1, -0.05) is 17.8 Å². The molecular formula is C13H9F3N4O4S. The number of nitro groups is 1. The number of thioether (sulfide) groups is 1. The van der Waals surface area contributed by atoms with Crippen LogP contribution in [0.15, 0.2) is 29.3 Å². The highest BCUT2D eigenvalue weighted by atomic mass is 32.2. The molecule has 2 aliphatic heterocycles. The lowest BCUT2D eigenvalue weighted by molar-refractivity contribution is -0.384. The fourth-order valence-corrected chi connectivity index (χ4v) is 3.39. The molecule has 0 aromatic heterocycles. The molecule has 3 rings (SSSR count). The number of halogens is 3. The molecule has 1 atom stereocenters. The third kappa shape index (κ3) is 2.71. The molecule has 2 amide bonds. The van der Waals surface area contributed by atoms with Gasteiger partial charge in [0.15, 0.2) is 5.17 Å². The molecule has 1 unspecified atom stereocenters. The number of carbonyl (C=O) groups excluding carboxylic acids is 2. The number of rotatable bonds is 3. The maximum absolute atomic E-state index is 13.6. The van der Waals surface area contributed by atoms with E-state index < -0.39 is 34.3 Å². The second-order valence-electron chi connectivity index (χ2n) is 5.17. The average Bonchev–Trinajstić information content (AvgIpc) is 3.09. The molecule has 2 heterocycles. The van der Waals surface area contributed by atoms with Crippen molar-refractivity contribution in [3.8, 4) is 0 Å². The number of non-ortho nitro benzene ring substituents is 1. The second-order valence-corrected chi connectivity index (χ2v) is 6.23. The molecule has 0 bridgehead atoms. The molecule has 8 nitrogen and oxygen atoms in total. The van der Waals surface area contributed by atoms with Crippen molar-refractivity contribution < 1.29 is 27.7 Å². The highest BCUT2D eigenvalue weighted by Gasteiger charge is 2.67. The standard InChI is InChI=1S/C13H9F3N4O4S/c14-13(15,16)12(10(22)19-4-5-25-11(19)18-12)17-9(21)7-2-1-3-8(6-7)20(23)24/h1-3,6H,4-5H2,(H,17,21). The van der Waals surface area contributed by atoms with E-state index in [1.807, 2.05) is 0 Å². The monoisotopic (exact) mass is 374 g/mol. The van der Waals surface area contributed by atoms with Crippen LogP contribution in [0.4, 0.5) is 18.9 Å². The van der Waals surface area contributed by atoms with Crippen molar-refractivity contribution >= 4 is 34.4 Å². The average molecular weight is 374 g/mol. The van der Waals surface area contributed by atoms with E-state index in [1.165, 1.54) is 0 Å². The Hall–Kier alpha value is -2.63. The first-order valence-electron chi connectivity index (χ1n) is 6.84. The first kappa shape index (κ1) is 17.2. The van der Waals surface area contributed by atoms with E-state index in [2.05, 4.69) is 4.99 Å². The summed E-state index contributed by atoms with van der Waals surface area (Å²) in [7, 11) is 0. The third-order valence-corrected chi connectivity index (χ3v) is 4.58. The summed E-state index contributed by atoms with van der Waals surface area (Å²) in [5.41, 5.74) is -4.27. The Kier molecular flexibility index (Phi) is 3.94. The van der Waals surface area contributed by atoms with E-state index in [1.54, 1.807) is 5.32 Å². The van der Waals surface area contributed by atoms with Crippen molar-refractivity contribution in [3.63, 3.8) is 0 Å². The van der Waals surface area contributed by atoms with Crippen LogP contribution < -0.4 is 5.32 Å². The SMILES string of the molecule is O=C(NC1(C(F)(F)F)N=C2SCCN2C1=O)c1cccc([N+](=O)[O-])c1. The van der Waals surface area contributed by atoms with E-state index in [9.17, 15) is 32.9 Å². The first-order chi connectivity index (χ1) is 11.7. The summed E-state index contributed by atoms with van der Waals surface area (Å²) in [5, 5.41) is 12.2. The zero-order valence-corrected chi connectivity index (χ0v) is 13.1. The van der Waals surface area contributed by atoms with E-state index >= 15 is 0 Å². The number of amidine groups is 1. The highest BCUT2D eigenvalue weighted by molar-refractivity contribution is 8.14. The zero-order chi connectivity index (χ0) is 18.4. The molecule has 1 saturated heterocycles. The summed E-state index contributed by atoms with van der Waals surface area (Å²) in [6.07, 6.45) is -5.17. The van der Waals surface area contributed by atoms with Crippen LogP contribution in [0.5, 0.6) is 0 Å². The molecule has 0 aliphatic carbocycles. The van der Waals surface area contributed by atoms with Crippen LogP contribution in [0.3, 0.4) is 0 Å². The highest BCUT2D eigenvalue weighted by Crippen LogP contribution is 2.41. The zero-order valence-electron chi connectivity index (χ0n) is 12.2. The number of nitrogens with one attached hydrogen (secondary N) is 1. The number of aliphatic imine (C=N–C) groups is 1. The van der Waals surface area contributed by atoms with E-state index in [-0.39, 0.29) is 17.3 Å². The second kappa shape index (κ2) is 5.72. The molecule has 132 valence electrons. The third-order valence-electron chi connectivity index (χ3n) is 3.62. The predicted octanol–water partition coefficient (Wildman–Crippen LogP) is 1.53. The first-order valence-corrected chi connectivity index (χ1v) is 7.82. The number of benzene rings is 1. The lowest BCUT2D eigenvalue weighted by Crippen LogP contribution is -2.63. The topological polar surface area (TPSA) is 105 Å². The van der Waals surface area contributed by atoms with Gasteiger partial charge in [0, 0.05) is 30.0 Å². The Morgan fingerprint density at radius 3 is 2.76 bits per heavy atom. The smallest absolute Gasteiger partial charge is 0.312 e. The van der Waals surface area contributed by atoms with Crippen LogP contribution in [0.2, 0.25) is 0 Å². The number of alkyl halides is 3. The molecule has 0 radical (unpaired) electrons. The summed E-state index contributed by atoms with van der Waals surface area (Å²) in [6.45, 7) is 0.0623. The molecule has 1 aromatic rings. The maximum atomic E-state index is 13.6. The lowest BCUT2D eigenvalue weighted by atomic mass is 10.1. The van der Waals surface area contributed by atoms with Gasteiger partial charge in [-0.25, -0.2) is 4.99 Å². The largest absolute Gasteiger partial charge is 0.442 e. The summed E-state index contributed by atoms with van der Waals surface area (Å²) in [5.74, 6) is -2.26. The van der Waals surface area contributed by atoms with Crippen molar-refractivity contribution in [1.82, 2.24) is 10.2 Å². The number of hydrogen-bond donors (Lipinski definition) is 1. The Morgan fingerprint density at radius 2 is 2.16 bits per heavy atom. The van der Waals surface area contributed by atoms with Gasteiger partial charge in [-0.05, 0) is 6.07 Å². The van der Waals surface area contributed by atoms with Crippen molar-refractivity contribution in [2.24, 2.45) is 4.99 Å². The van der Waals surface area contributed by atoms with Crippen molar-refractivity contribution in [2.45, 2.75) is 11.8 Å². The van der Waals surface area contributed by atoms with E-state index in [4.69, 9.17) is 0 Å². The minimum absolute atomic E-state index is 0.0623. The lowest BCUT2D eigenvalue weighted by Gasteiger charge is -2.28. The molecule has 1 aromatic carbocycles. The predicted molar refractivity (Wildman–Crippen MR) is 81.0 cm³/mol. The Labute approximate surface area is 142 Å². The number of carbonyl (C=O) groups is 2. The van der Waals surface area contributed by atoms with Gasteiger partial charge in [-0.15, -0.1) is 0 Å². The minimum Gasteiger partial charge on any atom is -0.312 e. The minimum atomic E-state index is -5.17. The van der Waals surface area contributed by atoms with Crippen LogP contribution in [0.25, 0.3) is 0 Å². The molecular weight excluding hydrogens is 365 g/mol. The van der Waals surface area contributed by atoms with E-state index in [0.717, 1.165) is 40.9 Å². The van der Waals surface area contributed by atoms with Crippen LogP contribution in [-0.4, -0.2) is 50.9 Å². The van der Waals surface area contributed by atoms with Gasteiger partial charge in [0.1, 0.15) is 0 Å². The van der Waals surface area contributed by atoms with Crippen LogP contribution in [0, 0.1) is 10.1 Å². The van der Waals surface area contributed by atoms with Crippen LogP contribution in [0.1, 0.15) is 10.4 Å². The normalized spacial score (nSPS) is 22.6. The van der Waals surface area contributed by atoms with Gasteiger partial charge in [-0.2, -0.15) is 13.2 Å². The van der Waals surface area contributed by atoms with Crippen LogP contribution >= 0.6 is 11.8 Å². The van der Waals surface area contributed by atoms with Gasteiger partial charge in [0.2, 0.25) is 0 Å². The van der Waals surface area contributed by atoms with Crippen molar-refractivity contribution in [3.05, 3.63) is 39.9 Å².